The molecule has 1 heteroatoms. The van der Waals surface area contributed by atoms with Gasteiger partial charge in [-0.05, 0) is 201 Å². The van der Waals surface area contributed by atoms with Crippen LogP contribution in [0.25, 0.3) is 72.3 Å². The molecule has 1 unspecified atom stereocenters. The van der Waals surface area contributed by atoms with Crippen LogP contribution in [0.1, 0.15) is 80.6 Å². The van der Waals surface area contributed by atoms with E-state index in [-0.39, 0.29) is 0 Å². The second kappa shape index (κ2) is 16.5. The molecule has 382 valence electrons. The summed E-state index contributed by atoms with van der Waals surface area (Å²) < 4.78 is 0. The summed E-state index contributed by atoms with van der Waals surface area (Å²) in [6.45, 7) is 4.43. The third-order valence-electron chi connectivity index (χ3n) is 19.9. The van der Waals surface area contributed by atoms with Crippen LogP contribution in [0.5, 0.6) is 0 Å². The zero-order valence-electron chi connectivity index (χ0n) is 45.6. The second-order valence-electron chi connectivity index (χ2n) is 23.1. The van der Waals surface area contributed by atoms with Crippen molar-refractivity contribution >= 4 is 22.6 Å². The average molecular weight is 1040 g/mol. The molecule has 6 aliphatic carbocycles. The molecule has 0 aromatic heterocycles. The van der Waals surface area contributed by atoms with E-state index < -0.39 is 16.2 Å². The molecule has 0 aliphatic heterocycles. The molecule has 0 saturated heterocycles. The van der Waals surface area contributed by atoms with Crippen LogP contribution in [-0.4, -0.2) is 0 Å². The van der Waals surface area contributed by atoms with Crippen molar-refractivity contribution in [3.05, 3.63) is 357 Å². The van der Waals surface area contributed by atoms with Gasteiger partial charge in [-0.15, -0.1) is 0 Å². The number of hydrogen-bond donors (Lipinski definition) is 0. The molecule has 0 N–H and O–H groups in total. The van der Waals surface area contributed by atoms with Gasteiger partial charge in [0, 0.05) is 17.1 Å². The minimum atomic E-state index is -0.490. The lowest BCUT2D eigenvalue weighted by atomic mass is 9.70. The van der Waals surface area contributed by atoms with Crippen molar-refractivity contribution in [2.75, 3.05) is 4.90 Å². The molecule has 1 nitrogen and oxygen atoms in total. The number of rotatable bonds is 4. The van der Waals surface area contributed by atoms with Crippen LogP contribution in [0.15, 0.2) is 291 Å². The topological polar surface area (TPSA) is 3.24 Å². The van der Waals surface area contributed by atoms with Crippen LogP contribution in [-0.2, 0) is 16.2 Å². The maximum absolute atomic E-state index is 2.54. The maximum Gasteiger partial charge on any atom is 0.0726 e. The summed E-state index contributed by atoms with van der Waals surface area (Å²) in [5.41, 5.74) is 36.1. The summed E-state index contributed by atoms with van der Waals surface area (Å²) in [5, 5.41) is 0. The summed E-state index contributed by atoms with van der Waals surface area (Å²) in [4.78, 5) is 2.54. The van der Waals surface area contributed by atoms with Gasteiger partial charge in [-0.3, -0.25) is 0 Å². The first-order valence-electron chi connectivity index (χ1n) is 29.1. The average Bonchev–Trinajstić information content (AvgIpc) is 1.70. The largest absolute Gasteiger partial charge is 0.310 e. The Hall–Kier alpha value is -10.1. The fourth-order valence-corrected chi connectivity index (χ4v) is 17.0. The van der Waals surface area contributed by atoms with Gasteiger partial charge in [-0.25, -0.2) is 0 Å². The predicted octanol–water partition coefficient (Wildman–Crippen LogP) is 20.2. The molecule has 0 saturated carbocycles. The Balaban J connectivity index is 0.854. The van der Waals surface area contributed by atoms with Gasteiger partial charge in [0.25, 0.3) is 0 Å². The van der Waals surface area contributed by atoms with Gasteiger partial charge in [0.15, 0.2) is 0 Å². The van der Waals surface area contributed by atoms with Crippen molar-refractivity contribution in [3.8, 4) is 66.8 Å². The molecule has 6 aliphatic rings. The second-order valence-corrected chi connectivity index (χ2v) is 23.1. The van der Waals surface area contributed by atoms with Gasteiger partial charge >= 0.3 is 0 Å². The Kier molecular flexibility index (Phi) is 9.21. The van der Waals surface area contributed by atoms with Gasteiger partial charge < -0.3 is 4.90 Å². The van der Waals surface area contributed by atoms with E-state index in [1.807, 2.05) is 0 Å². The van der Waals surface area contributed by atoms with E-state index >= 15 is 0 Å². The summed E-state index contributed by atoms with van der Waals surface area (Å²) >= 11 is 0. The van der Waals surface area contributed by atoms with E-state index in [0.717, 1.165) is 17.1 Å². The first kappa shape index (κ1) is 45.7. The number of allylic oxidation sites excluding steroid dienone is 4. The molecular formula is C81H53N. The Morgan fingerprint density at radius 1 is 0.232 bits per heavy atom. The monoisotopic (exact) mass is 1040 g/mol. The maximum atomic E-state index is 2.54. The highest BCUT2D eigenvalue weighted by Gasteiger charge is 2.55. The summed E-state index contributed by atoms with van der Waals surface area (Å²) in [7, 11) is 0. The highest BCUT2D eigenvalue weighted by atomic mass is 15.1. The third-order valence-corrected chi connectivity index (χ3v) is 19.9. The van der Waals surface area contributed by atoms with Gasteiger partial charge in [0.05, 0.1) is 16.2 Å². The lowest BCUT2D eigenvalue weighted by Gasteiger charge is -2.33. The predicted molar refractivity (Wildman–Crippen MR) is 338 cm³/mol. The number of nitrogens with zero attached hydrogens (tertiary/aromatic N) is 1. The van der Waals surface area contributed by atoms with Gasteiger partial charge in [-0.1, -0.05) is 243 Å². The molecule has 0 amide bonds. The van der Waals surface area contributed by atoms with E-state index in [9.17, 15) is 0 Å². The van der Waals surface area contributed by atoms with Gasteiger partial charge in [-0.2, -0.15) is 0 Å². The highest BCUT2D eigenvalue weighted by Crippen LogP contribution is 2.67. The summed E-state index contributed by atoms with van der Waals surface area (Å²) in [6, 6.07) is 104. The first-order chi connectivity index (χ1) is 40.6. The third kappa shape index (κ3) is 5.45. The van der Waals surface area contributed by atoms with Crippen molar-refractivity contribution in [1.29, 1.82) is 0 Å². The molecule has 1 atom stereocenters. The Bertz CT molecular complexity index is 4720. The minimum absolute atomic E-state index is 0.415. The zero-order chi connectivity index (χ0) is 54.1. The normalized spacial score (nSPS) is 17.4. The smallest absolute Gasteiger partial charge is 0.0726 e. The molecule has 12 aromatic rings. The van der Waals surface area contributed by atoms with E-state index in [1.165, 1.54) is 145 Å². The van der Waals surface area contributed by atoms with E-state index in [4.69, 9.17) is 0 Å². The molecule has 82 heavy (non-hydrogen) atoms. The molecule has 18 rings (SSSR count). The SMILES string of the molecule is CC=C1/C(=C\C)C2(c3ccccc31)c1ccccc1-c1ccc(N(c3ccc(-c4ccc5c(c4)C4(c6ccccc6-c6ccccc64)c4ccccc4-5)cc3)c3ccc4c(c3)C3(c5ccccc5-c5ccccc53)c3ccccc3-4)cc12. The van der Waals surface area contributed by atoms with Crippen LogP contribution in [0, 0.1) is 0 Å². The Morgan fingerprint density at radius 2 is 0.512 bits per heavy atom. The minimum Gasteiger partial charge on any atom is -0.310 e. The molecule has 12 aromatic carbocycles. The van der Waals surface area contributed by atoms with Crippen molar-refractivity contribution in [2.24, 2.45) is 0 Å². The van der Waals surface area contributed by atoms with Crippen molar-refractivity contribution in [2.45, 2.75) is 30.1 Å². The lowest BCUT2D eigenvalue weighted by molar-refractivity contribution is 0.792. The molecular weight excluding hydrogens is 987 g/mol. The fraction of sp³-hybridized carbons (Fsp3) is 0.0617. The van der Waals surface area contributed by atoms with E-state index in [0.29, 0.717) is 0 Å². The number of hydrogen-bond acceptors (Lipinski definition) is 1. The van der Waals surface area contributed by atoms with E-state index in [1.54, 1.807) is 0 Å². The van der Waals surface area contributed by atoms with Crippen LogP contribution in [0.4, 0.5) is 17.1 Å². The fourth-order valence-electron chi connectivity index (χ4n) is 17.0. The standard InChI is InChI=1S/C81H53N/c1-3-55-56-21-5-13-29-68(56)79(67(55)4-2)69-30-14-10-27-62(69)65-45-42-53(48-77(65)79)82(54-43-46-66-63-28-12-20-36-75(63)81(78(66)49-54)72-33-17-8-24-59(72)60-25-9-18-34-73(60)81)52-40-37-50(38-41-52)51-39-44-64-61-26-11-19-35-74(61)80(76(64)47-51)70-31-15-6-22-57(70)58-23-7-16-32-71(58)80/h3-49H,1-2H3/b55-3?,67-4+. The molecule has 0 radical (unpaired) electrons. The number of fused-ring (bicyclic) bond motifs is 27. The first-order valence-corrected chi connectivity index (χ1v) is 29.1. The quantitative estimate of drug-likeness (QED) is 0.170. The Labute approximate surface area is 479 Å². The van der Waals surface area contributed by atoms with Crippen molar-refractivity contribution < 1.29 is 0 Å². The summed E-state index contributed by atoms with van der Waals surface area (Å²) in [6.07, 6.45) is 4.70. The molecule has 3 spiro atoms. The van der Waals surface area contributed by atoms with Gasteiger partial charge in [0.1, 0.15) is 0 Å². The summed E-state index contributed by atoms with van der Waals surface area (Å²) in [5.74, 6) is 0. The number of anilines is 3. The molecule has 0 heterocycles. The molecule has 0 bridgehead atoms. The Morgan fingerprint density at radius 3 is 0.890 bits per heavy atom. The van der Waals surface area contributed by atoms with Crippen molar-refractivity contribution in [1.82, 2.24) is 0 Å². The molecule has 0 fully saturated rings. The van der Waals surface area contributed by atoms with E-state index in [2.05, 4.69) is 304 Å². The van der Waals surface area contributed by atoms with Crippen LogP contribution < -0.4 is 4.90 Å². The van der Waals surface area contributed by atoms with Crippen LogP contribution in [0.2, 0.25) is 0 Å². The highest BCUT2D eigenvalue weighted by molar-refractivity contribution is 6.02. The number of benzene rings is 12. The van der Waals surface area contributed by atoms with Crippen molar-refractivity contribution in [3.63, 3.8) is 0 Å². The lowest BCUT2D eigenvalue weighted by Crippen LogP contribution is -2.26. The zero-order valence-corrected chi connectivity index (χ0v) is 45.6. The van der Waals surface area contributed by atoms with Gasteiger partial charge in [0.2, 0.25) is 0 Å². The van der Waals surface area contributed by atoms with Crippen LogP contribution >= 0.6 is 0 Å². The van der Waals surface area contributed by atoms with Crippen LogP contribution in [0.3, 0.4) is 0 Å².